The molecule has 2 unspecified atom stereocenters. The summed E-state index contributed by atoms with van der Waals surface area (Å²) in [7, 11) is 2.00. The van der Waals surface area contributed by atoms with E-state index in [1.807, 2.05) is 7.05 Å². The summed E-state index contributed by atoms with van der Waals surface area (Å²) in [5.41, 5.74) is 1.58. The van der Waals surface area contributed by atoms with Crippen LogP contribution in [0.15, 0.2) is 5.38 Å². The lowest BCUT2D eigenvalue weighted by molar-refractivity contribution is 0.536. The molecule has 1 aromatic rings. The lowest BCUT2D eigenvalue weighted by Gasteiger charge is -1.99. The molecule has 1 aromatic heterocycles. The minimum atomic E-state index is 0.402. The molecule has 1 fully saturated rings. The molecular formula is C9H15N3S. The fourth-order valence-corrected chi connectivity index (χ4v) is 2.73. The zero-order valence-electron chi connectivity index (χ0n) is 8.24. The van der Waals surface area contributed by atoms with Gasteiger partial charge in [-0.25, -0.2) is 0 Å². The Morgan fingerprint density at radius 1 is 1.62 bits per heavy atom. The third-order valence-electron chi connectivity index (χ3n) is 3.17. The van der Waals surface area contributed by atoms with E-state index < -0.39 is 0 Å². The molecule has 1 N–H and O–H groups in total. The normalized spacial score (nSPS) is 30.4. The molecular weight excluding hydrogens is 182 g/mol. The first-order chi connectivity index (χ1) is 6.18. The van der Waals surface area contributed by atoms with Crippen LogP contribution in [0.4, 0.5) is 0 Å². The van der Waals surface area contributed by atoms with Crippen LogP contribution in [0.2, 0.25) is 0 Å². The summed E-state index contributed by atoms with van der Waals surface area (Å²) in [6.45, 7) is 5.69. The summed E-state index contributed by atoms with van der Waals surface area (Å²) in [5.74, 6) is 1.33. The van der Waals surface area contributed by atoms with E-state index in [1.165, 1.54) is 17.2 Å². The van der Waals surface area contributed by atoms with Gasteiger partial charge in [0.05, 0.1) is 5.69 Å². The Kier molecular flexibility index (Phi) is 2.12. The highest BCUT2D eigenvalue weighted by atomic mass is 32.1. The van der Waals surface area contributed by atoms with E-state index >= 15 is 0 Å². The predicted octanol–water partition coefficient (Wildman–Crippen LogP) is 1.50. The molecule has 0 aliphatic heterocycles. The van der Waals surface area contributed by atoms with Crippen molar-refractivity contribution in [3.05, 3.63) is 11.1 Å². The third kappa shape index (κ3) is 1.38. The monoisotopic (exact) mass is 197 g/mol. The average molecular weight is 197 g/mol. The highest BCUT2D eigenvalue weighted by molar-refractivity contribution is 7.03. The van der Waals surface area contributed by atoms with Crippen molar-refractivity contribution in [1.29, 1.82) is 0 Å². The molecule has 3 nitrogen and oxygen atoms in total. The summed E-state index contributed by atoms with van der Waals surface area (Å²) in [5, 5.41) is 9.45. The standard InChI is InChI=1S/C9H15N3S/c1-9(2)6(4-10-3)8(9)7-5-13-12-11-7/h5-6,8,10H,4H2,1-3H3. The van der Waals surface area contributed by atoms with Crippen molar-refractivity contribution in [3.63, 3.8) is 0 Å². The fraction of sp³-hybridized carbons (Fsp3) is 0.778. The smallest absolute Gasteiger partial charge is 0.0795 e. The lowest BCUT2D eigenvalue weighted by atomic mass is 10.1. The Morgan fingerprint density at radius 2 is 2.38 bits per heavy atom. The first-order valence-corrected chi connectivity index (χ1v) is 5.43. The van der Waals surface area contributed by atoms with Gasteiger partial charge in [-0.2, -0.15) is 0 Å². The quantitative estimate of drug-likeness (QED) is 0.798. The molecule has 1 heterocycles. The van der Waals surface area contributed by atoms with Crippen molar-refractivity contribution in [2.75, 3.05) is 13.6 Å². The van der Waals surface area contributed by atoms with Gasteiger partial charge in [-0.3, -0.25) is 0 Å². The number of hydrogen-bond donors (Lipinski definition) is 1. The second-order valence-corrected chi connectivity index (χ2v) is 4.90. The van der Waals surface area contributed by atoms with E-state index in [4.69, 9.17) is 0 Å². The molecule has 0 bridgehead atoms. The van der Waals surface area contributed by atoms with E-state index in [0.717, 1.165) is 12.5 Å². The van der Waals surface area contributed by atoms with Gasteiger partial charge >= 0.3 is 0 Å². The van der Waals surface area contributed by atoms with Gasteiger partial charge in [-0.05, 0) is 36.5 Å². The first kappa shape index (κ1) is 9.09. The molecule has 1 aliphatic carbocycles. The number of nitrogens with zero attached hydrogens (tertiary/aromatic N) is 2. The second-order valence-electron chi connectivity index (χ2n) is 4.29. The van der Waals surface area contributed by atoms with Crippen LogP contribution < -0.4 is 5.32 Å². The van der Waals surface area contributed by atoms with Crippen molar-refractivity contribution >= 4 is 11.5 Å². The first-order valence-electron chi connectivity index (χ1n) is 4.59. The van der Waals surface area contributed by atoms with Crippen molar-refractivity contribution < 1.29 is 0 Å². The lowest BCUT2D eigenvalue weighted by Crippen LogP contribution is -2.12. The van der Waals surface area contributed by atoms with Gasteiger partial charge < -0.3 is 5.32 Å². The van der Waals surface area contributed by atoms with Crippen molar-refractivity contribution in [3.8, 4) is 0 Å². The summed E-state index contributed by atoms with van der Waals surface area (Å²) in [6, 6.07) is 0. The van der Waals surface area contributed by atoms with E-state index in [-0.39, 0.29) is 0 Å². The minimum Gasteiger partial charge on any atom is -0.319 e. The summed E-state index contributed by atoms with van der Waals surface area (Å²) >= 11 is 1.45. The van der Waals surface area contributed by atoms with Gasteiger partial charge in [-0.15, -0.1) is 5.10 Å². The molecule has 0 aromatic carbocycles. The zero-order chi connectivity index (χ0) is 9.47. The highest BCUT2D eigenvalue weighted by Crippen LogP contribution is 2.63. The van der Waals surface area contributed by atoms with Gasteiger partial charge in [0.25, 0.3) is 0 Å². The largest absolute Gasteiger partial charge is 0.319 e. The number of nitrogens with one attached hydrogen (secondary N) is 1. The highest BCUT2D eigenvalue weighted by Gasteiger charge is 2.58. The maximum absolute atomic E-state index is 4.15. The minimum absolute atomic E-state index is 0.402. The fourth-order valence-electron chi connectivity index (χ4n) is 2.24. The molecule has 0 saturated heterocycles. The molecule has 0 radical (unpaired) electrons. The topological polar surface area (TPSA) is 37.8 Å². The Morgan fingerprint density at radius 3 is 2.92 bits per heavy atom. The summed E-state index contributed by atoms with van der Waals surface area (Å²) in [4.78, 5) is 0. The van der Waals surface area contributed by atoms with E-state index in [1.54, 1.807) is 0 Å². The van der Waals surface area contributed by atoms with Crippen LogP contribution in [-0.2, 0) is 0 Å². The number of rotatable bonds is 3. The van der Waals surface area contributed by atoms with Gasteiger partial charge in [0, 0.05) is 11.3 Å². The van der Waals surface area contributed by atoms with Crippen LogP contribution >= 0.6 is 11.5 Å². The molecule has 2 rings (SSSR count). The van der Waals surface area contributed by atoms with E-state index in [9.17, 15) is 0 Å². The van der Waals surface area contributed by atoms with E-state index in [2.05, 4.69) is 34.1 Å². The Labute approximate surface area is 82.7 Å². The van der Waals surface area contributed by atoms with Crippen LogP contribution in [0.5, 0.6) is 0 Å². The Hall–Kier alpha value is -0.480. The second kappa shape index (κ2) is 3.03. The van der Waals surface area contributed by atoms with Gasteiger partial charge in [-0.1, -0.05) is 18.3 Å². The maximum atomic E-state index is 4.15. The average Bonchev–Trinajstić information content (AvgIpc) is 2.56. The molecule has 0 amide bonds. The molecule has 1 saturated carbocycles. The molecule has 72 valence electrons. The molecule has 0 spiro atoms. The van der Waals surface area contributed by atoms with Crippen LogP contribution in [0.3, 0.4) is 0 Å². The van der Waals surface area contributed by atoms with Crippen LogP contribution in [0.1, 0.15) is 25.5 Å². The predicted molar refractivity (Wildman–Crippen MR) is 53.8 cm³/mol. The van der Waals surface area contributed by atoms with E-state index in [0.29, 0.717) is 11.3 Å². The molecule has 1 aliphatic rings. The Bertz CT molecular complexity index is 281. The SMILES string of the molecule is CNCC1C(c2csnn2)C1(C)C. The molecule has 4 heteroatoms. The number of aromatic nitrogens is 2. The zero-order valence-corrected chi connectivity index (χ0v) is 9.06. The van der Waals surface area contributed by atoms with Crippen molar-refractivity contribution in [2.24, 2.45) is 11.3 Å². The summed E-state index contributed by atoms with van der Waals surface area (Å²) < 4.78 is 3.91. The molecule has 2 atom stereocenters. The van der Waals surface area contributed by atoms with Crippen LogP contribution in [0.25, 0.3) is 0 Å². The maximum Gasteiger partial charge on any atom is 0.0795 e. The number of hydrogen-bond acceptors (Lipinski definition) is 4. The summed E-state index contributed by atoms with van der Waals surface area (Å²) in [6.07, 6.45) is 0. The molecule has 13 heavy (non-hydrogen) atoms. The van der Waals surface area contributed by atoms with Gasteiger partial charge in [0.2, 0.25) is 0 Å². The third-order valence-corrected chi connectivity index (χ3v) is 3.69. The van der Waals surface area contributed by atoms with Gasteiger partial charge in [0.15, 0.2) is 0 Å². The van der Waals surface area contributed by atoms with Crippen LogP contribution in [0, 0.1) is 11.3 Å². The van der Waals surface area contributed by atoms with Gasteiger partial charge in [0.1, 0.15) is 0 Å². The Balaban J connectivity index is 2.11. The van der Waals surface area contributed by atoms with Crippen molar-refractivity contribution in [1.82, 2.24) is 14.9 Å². The van der Waals surface area contributed by atoms with Crippen LogP contribution in [-0.4, -0.2) is 23.2 Å². The van der Waals surface area contributed by atoms with Crippen molar-refractivity contribution in [2.45, 2.75) is 19.8 Å².